The molecule has 1 aliphatic rings. The topological polar surface area (TPSA) is 62.3 Å². The van der Waals surface area contributed by atoms with Gasteiger partial charge in [-0.3, -0.25) is 9.59 Å². The Balaban J connectivity index is 1.58. The van der Waals surface area contributed by atoms with Gasteiger partial charge < -0.3 is 10.2 Å². The fourth-order valence-electron chi connectivity index (χ4n) is 2.93. The highest BCUT2D eigenvalue weighted by atomic mass is 35.5. The van der Waals surface area contributed by atoms with E-state index in [1.807, 2.05) is 12.1 Å². The predicted molar refractivity (Wildman–Crippen MR) is 110 cm³/mol. The van der Waals surface area contributed by atoms with Gasteiger partial charge in [0.15, 0.2) is 0 Å². The summed E-state index contributed by atoms with van der Waals surface area (Å²) < 4.78 is 0. The van der Waals surface area contributed by atoms with Gasteiger partial charge >= 0.3 is 0 Å². The van der Waals surface area contributed by atoms with E-state index in [0.29, 0.717) is 27.7 Å². The number of hydrogen-bond acceptors (Lipinski definition) is 4. The molecule has 1 aliphatic heterocycles. The molecular formula is C21H16ClN3O2S. The van der Waals surface area contributed by atoms with Gasteiger partial charge in [0.1, 0.15) is 5.03 Å². The number of fused-ring (bicyclic) bond motifs is 2. The van der Waals surface area contributed by atoms with E-state index in [1.54, 1.807) is 60.6 Å². The summed E-state index contributed by atoms with van der Waals surface area (Å²) in [6.45, 7) is 0.406. The third-order valence-corrected chi connectivity index (χ3v) is 5.78. The van der Waals surface area contributed by atoms with Crippen LogP contribution in [0.25, 0.3) is 0 Å². The summed E-state index contributed by atoms with van der Waals surface area (Å²) in [7, 11) is 1.73. The molecule has 7 heteroatoms. The number of amides is 2. The van der Waals surface area contributed by atoms with Crippen LogP contribution in [0.1, 0.15) is 26.3 Å². The molecule has 28 heavy (non-hydrogen) atoms. The molecule has 0 bridgehead atoms. The van der Waals surface area contributed by atoms with Crippen LogP contribution in [0.5, 0.6) is 0 Å². The van der Waals surface area contributed by atoms with Gasteiger partial charge in [0.05, 0.1) is 11.3 Å². The fraction of sp³-hybridized carbons (Fsp3) is 0.0952. The number of carbonyl (C=O) groups excluding carboxylic acids is 2. The molecule has 1 N–H and O–H groups in total. The fourth-order valence-corrected chi connectivity index (χ4v) is 4.14. The Morgan fingerprint density at radius 1 is 1.18 bits per heavy atom. The zero-order chi connectivity index (χ0) is 19.7. The van der Waals surface area contributed by atoms with Crippen molar-refractivity contribution in [1.29, 1.82) is 0 Å². The number of nitrogens with zero attached hydrogens (tertiary/aromatic N) is 2. The van der Waals surface area contributed by atoms with E-state index in [1.165, 1.54) is 11.8 Å². The van der Waals surface area contributed by atoms with E-state index in [0.717, 1.165) is 16.1 Å². The van der Waals surface area contributed by atoms with Gasteiger partial charge in [-0.25, -0.2) is 4.98 Å². The summed E-state index contributed by atoms with van der Waals surface area (Å²) in [5.41, 5.74) is 2.80. The molecule has 140 valence electrons. The van der Waals surface area contributed by atoms with Crippen LogP contribution in [-0.2, 0) is 6.54 Å². The van der Waals surface area contributed by atoms with Crippen molar-refractivity contribution < 1.29 is 9.59 Å². The molecule has 0 spiro atoms. The SMILES string of the molecule is CN1C(=O)c2cccnc2Sc2cc(C(=O)NCc3ccc(Cl)cc3)ccc21. The molecule has 0 unspecified atom stereocenters. The zero-order valence-electron chi connectivity index (χ0n) is 15.0. The molecule has 0 atom stereocenters. The van der Waals surface area contributed by atoms with Gasteiger partial charge in [-0.2, -0.15) is 0 Å². The second-order valence-corrected chi connectivity index (χ2v) is 7.78. The second kappa shape index (κ2) is 7.66. The van der Waals surface area contributed by atoms with Gasteiger partial charge in [-0.05, 0) is 48.0 Å². The minimum absolute atomic E-state index is 0.116. The van der Waals surface area contributed by atoms with Gasteiger partial charge in [0.25, 0.3) is 11.8 Å². The number of hydrogen-bond donors (Lipinski definition) is 1. The van der Waals surface area contributed by atoms with E-state index in [9.17, 15) is 9.59 Å². The number of halogens is 1. The first-order valence-corrected chi connectivity index (χ1v) is 9.80. The molecule has 0 fully saturated rings. The van der Waals surface area contributed by atoms with E-state index in [4.69, 9.17) is 11.6 Å². The van der Waals surface area contributed by atoms with Crippen molar-refractivity contribution in [3.63, 3.8) is 0 Å². The molecule has 0 saturated heterocycles. The first-order valence-electron chi connectivity index (χ1n) is 8.60. The van der Waals surface area contributed by atoms with Crippen molar-refractivity contribution >= 4 is 40.9 Å². The Hall–Kier alpha value is -2.83. The van der Waals surface area contributed by atoms with Crippen LogP contribution in [0.4, 0.5) is 5.69 Å². The first-order chi connectivity index (χ1) is 13.5. The number of carbonyl (C=O) groups is 2. The number of benzene rings is 2. The molecule has 0 saturated carbocycles. The van der Waals surface area contributed by atoms with Crippen molar-refractivity contribution in [3.05, 3.63) is 82.5 Å². The number of nitrogens with one attached hydrogen (secondary N) is 1. The summed E-state index contributed by atoms with van der Waals surface area (Å²) in [5, 5.41) is 4.20. The van der Waals surface area contributed by atoms with E-state index < -0.39 is 0 Å². The molecule has 0 aliphatic carbocycles. The van der Waals surface area contributed by atoms with Gasteiger partial charge in [0.2, 0.25) is 0 Å². The van der Waals surface area contributed by atoms with Crippen LogP contribution >= 0.6 is 23.4 Å². The highest BCUT2D eigenvalue weighted by Crippen LogP contribution is 2.40. The van der Waals surface area contributed by atoms with Gasteiger partial charge in [0, 0.05) is 35.3 Å². The summed E-state index contributed by atoms with van der Waals surface area (Å²) in [6.07, 6.45) is 1.66. The maximum atomic E-state index is 12.7. The maximum Gasteiger partial charge on any atom is 0.260 e. The Labute approximate surface area is 171 Å². The van der Waals surface area contributed by atoms with Crippen molar-refractivity contribution in [2.75, 3.05) is 11.9 Å². The van der Waals surface area contributed by atoms with E-state index in [2.05, 4.69) is 10.3 Å². The first kappa shape index (κ1) is 18.5. The number of rotatable bonds is 3. The van der Waals surface area contributed by atoms with Crippen molar-refractivity contribution in [2.45, 2.75) is 16.5 Å². The lowest BCUT2D eigenvalue weighted by Gasteiger charge is -2.17. The van der Waals surface area contributed by atoms with Crippen LogP contribution in [0.15, 0.2) is 70.7 Å². The minimum Gasteiger partial charge on any atom is -0.348 e. The highest BCUT2D eigenvalue weighted by molar-refractivity contribution is 7.99. The standard InChI is InChI=1S/C21H16ClN3O2S/c1-25-17-9-6-14(19(26)24-12-13-4-7-15(22)8-5-13)11-18(17)28-20-16(21(25)27)3-2-10-23-20/h2-11H,12H2,1H3,(H,24,26). The van der Waals surface area contributed by atoms with Gasteiger partial charge in [-0.15, -0.1) is 0 Å². The molecule has 0 radical (unpaired) electrons. The van der Waals surface area contributed by atoms with Crippen LogP contribution < -0.4 is 10.2 Å². The summed E-state index contributed by atoms with van der Waals surface area (Å²) in [5.74, 6) is -0.299. The Bertz CT molecular complexity index is 1070. The highest BCUT2D eigenvalue weighted by Gasteiger charge is 2.26. The van der Waals surface area contributed by atoms with Gasteiger partial charge in [-0.1, -0.05) is 35.5 Å². The maximum absolute atomic E-state index is 12.7. The summed E-state index contributed by atoms with van der Waals surface area (Å²) in [6, 6.07) is 16.2. The quantitative estimate of drug-likeness (QED) is 0.696. The Kier molecular flexibility index (Phi) is 5.07. The minimum atomic E-state index is -0.183. The lowest BCUT2D eigenvalue weighted by molar-refractivity contribution is 0.0949. The lowest BCUT2D eigenvalue weighted by atomic mass is 10.1. The third kappa shape index (κ3) is 3.61. The molecule has 1 aromatic heterocycles. The monoisotopic (exact) mass is 409 g/mol. The predicted octanol–water partition coefficient (Wildman–Crippen LogP) is 4.41. The Morgan fingerprint density at radius 2 is 1.96 bits per heavy atom. The normalized spacial score (nSPS) is 12.8. The average Bonchev–Trinajstić information content (AvgIpc) is 2.82. The van der Waals surface area contributed by atoms with E-state index in [-0.39, 0.29) is 11.8 Å². The number of pyridine rings is 1. The molecule has 5 nitrogen and oxygen atoms in total. The average molecular weight is 410 g/mol. The smallest absolute Gasteiger partial charge is 0.260 e. The summed E-state index contributed by atoms with van der Waals surface area (Å²) >= 11 is 7.28. The third-order valence-electron chi connectivity index (χ3n) is 4.46. The van der Waals surface area contributed by atoms with Crippen molar-refractivity contribution in [3.8, 4) is 0 Å². The molecule has 4 rings (SSSR count). The molecule has 2 aromatic carbocycles. The van der Waals surface area contributed by atoms with Crippen LogP contribution in [0, 0.1) is 0 Å². The molecular weight excluding hydrogens is 394 g/mol. The lowest BCUT2D eigenvalue weighted by Crippen LogP contribution is -2.26. The molecule has 2 amide bonds. The van der Waals surface area contributed by atoms with E-state index >= 15 is 0 Å². The van der Waals surface area contributed by atoms with Crippen LogP contribution in [0.2, 0.25) is 5.02 Å². The second-order valence-electron chi connectivity index (χ2n) is 6.31. The van der Waals surface area contributed by atoms with Crippen LogP contribution in [-0.4, -0.2) is 23.8 Å². The zero-order valence-corrected chi connectivity index (χ0v) is 16.6. The number of aromatic nitrogens is 1. The number of anilines is 1. The molecule has 3 aromatic rings. The molecule has 2 heterocycles. The Morgan fingerprint density at radius 3 is 2.75 bits per heavy atom. The van der Waals surface area contributed by atoms with Crippen LogP contribution in [0.3, 0.4) is 0 Å². The summed E-state index contributed by atoms with van der Waals surface area (Å²) in [4.78, 5) is 32.0. The largest absolute Gasteiger partial charge is 0.348 e. The van der Waals surface area contributed by atoms with Crippen molar-refractivity contribution in [2.24, 2.45) is 0 Å². The van der Waals surface area contributed by atoms with Crippen molar-refractivity contribution in [1.82, 2.24) is 10.3 Å².